The third kappa shape index (κ3) is 3.23. The molecule has 0 spiro atoms. The van der Waals surface area contributed by atoms with E-state index in [0.717, 1.165) is 37.1 Å². The molecule has 2 rings (SSSR count). The van der Waals surface area contributed by atoms with E-state index < -0.39 is 0 Å². The Bertz CT molecular complexity index is 464. The number of hydrogen-bond donors (Lipinski definition) is 2. The molecule has 1 amide bonds. The van der Waals surface area contributed by atoms with Crippen molar-refractivity contribution in [1.29, 1.82) is 0 Å². The molecule has 0 aromatic heterocycles. The topological polar surface area (TPSA) is 58.4 Å². The summed E-state index contributed by atoms with van der Waals surface area (Å²) in [5.74, 6) is -0.615. The molecule has 1 aromatic rings. The lowest BCUT2D eigenvalue weighted by Gasteiger charge is -2.35. The number of carbonyl (C=O) groups is 1. The molecule has 1 heterocycles. The molecule has 1 fully saturated rings. The minimum atomic E-state index is -0.334. The van der Waals surface area contributed by atoms with E-state index in [2.05, 4.69) is 5.32 Å². The number of amides is 1. The van der Waals surface area contributed by atoms with Gasteiger partial charge in [0.1, 0.15) is 11.9 Å². The summed E-state index contributed by atoms with van der Waals surface area (Å²) in [6, 6.07) is 4.57. The minimum Gasteiger partial charge on any atom is -0.368 e. The first-order chi connectivity index (χ1) is 9.11. The molecule has 0 bridgehead atoms. The lowest BCUT2D eigenvalue weighted by atomic mass is 10.00. The summed E-state index contributed by atoms with van der Waals surface area (Å²) in [5.41, 5.74) is 7.05. The number of hydrogen-bond acceptors (Lipinski definition) is 3. The number of nitrogens with one attached hydrogen (secondary N) is 1. The number of nitrogens with zero attached hydrogens (tertiary/aromatic N) is 1. The standard InChI is InChI=1S/C14H20FN3O/c1-17-9-10-6-11(15)8-12(7-10)18-5-3-2-4-13(18)14(16)19/h6-8,13,17H,2-5,9H2,1H3,(H2,16,19). The monoisotopic (exact) mass is 265 g/mol. The van der Waals surface area contributed by atoms with Crippen LogP contribution in [-0.4, -0.2) is 25.5 Å². The molecule has 1 saturated heterocycles. The highest BCUT2D eigenvalue weighted by Crippen LogP contribution is 2.26. The van der Waals surface area contributed by atoms with Crippen molar-refractivity contribution in [2.75, 3.05) is 18.5 Å². The van der Waals surface area contributed by atoms with Crippen molar-refractivity contribution in [3.05, 3.63) is 29.6 Å². The van der Waals surface area contributed by atoms with Gasteiger partial charge in [-0.2, -0.15) is 0 Å². The van der Waals surface area contributed by atoms with E-state index in [4.69, 9.17) is 5.73 Å². The van der Waals surface area contributed by atoms with Gasteiger partial charge in [0, 0.05) is 18.8 Å². The summed E-state index contributed by atoms with van der Waals surface area (Å²) in [4.78, 5) is 13.4. The van der Waals surface area contributed by atoms with Gasteiger partial charge in [0.25, 0.3) is 0 Å². The Hall–Kier alpha value is -1.62. The number of piperidine rings is 1. The van der Waals surface area contributed by atoms with Crippen molar-refractivity contribution in [2.45, 2.75) is 31.8 Å². The molecule has 0 radical (unpaired) electrons. The minimum absolute atomic E-state index is 0.281. The Balaban J connectivity index is 2.30. The second kappa shape index (κ2) is 6.02. The van der Waals surface area contributed by atoms with Gasteiger partial charge in [-0.15, -0.1) is 0 Å². The van der Waals surface area contributed by atoms with Crippen LogP contribution in [0.1, 0.15) is 24.8 Å². The number of benzene rings is 1. The van der Waals surface area contributed by atoms with Crippen molar-refractivity contribution in [1.82, 2.24) is 5.32 Å². The predicted octanol–water partition coefficient (Wildman–Crippen LogP) is 1.39. The largest absolute Gasteiger partial charge is 0.368 e. The molecule has 5 heteroatoms. The van der Waals surface area contributed by atoms with Crippen molar-refractivity contribution in [2.24, 2.45) is 5.73 Å². The molecule has 1 atom stereocenters. The lowest BCUT2D eigenvalue weighted by Crippen LogP contribution is -2.47. The van der Waals surface area contributed by atoms with Gasteiger partial charge in [-0.1, -0.05) is 0 Å². The molecular formula is C14H20FN3O. The summed E-state index contributed by atoms with van der Waals surface area (Å²) < 4.78 is 13.7. The molecule has 19 heavy (non-hydrogen) atoms. The SMILES string of the molecule is CNCc1cc(F)cc(N2CCCCC2C(N)=O)c1. The maximum Gasteiger partial charge on any atom is 0.240 e. The first-order valence-corrected chi connectivity index (χ1v) is 6.62. The lowest BCUT2D eigenvalue weighted by molar-refractivity contribution is -0.119. The van der Waals surface area contributed by atoms with Gasteiger partial charge in [0.05, 0.1) is 0 Å². The molecule has 0 aliphatic carbocycles. The molecule has 0 saturated carbocycles. The predicted molar refractivity (Wildman–Crippen MR) is 73.3 cm³/mol. The second-order valence-corrected chi connectivity index (χ2v) is 4.96. The fourth-order valence-electron chi connectivity index (χ4n) is 2.64. The first kappa shape index (κ1) is 13.8. The second-order valence-electron chi connectivity index (χ2n) is 4.96. The van der Waals surface area contributed by atoms with E-state index in [1.54, 1.807) is 0 Å². The van der Waals surface area contributed by atoms with Gasteiger partial charge in [-0.05, 0) is 50.1 Å². The fraction of sp³-hybridized carbons (Fsp3) is 0.500. The third-order valence-electron chi connectivity index (χ3n) is 3.49. The van der Waals surface area contributed by atoms with Crippen molar-refractivity contribution < 1.29 is 9.18 Å². The molecular weight excluding hydrogens is 245 g/mol. The van der Waals surface area contributed by atoms with E-state index in [1.807, 2.05) is 18.0 Å². The van der Waals surface area contributed by atoms with Crippen LogP contribution in [-0.2, 0) is 11.3 Å². The smallest absolute Gasteiger partial charge is 0.240 e. The van der Waals surface area contributed by atoms with Crippen molar-refractivity contribution in [3.63, 3.8) is 0 Å². The number of primary amides is 1. The van der Waals surface area contributed by atoms with Crippen LogP contribution in [0, 0.1) is 5.82 Å². The van der Waals surface area contributed by atoms with E-state index in [9.17, 15) is 9.18 Å². The van der Waals surface area contributed by atoms with Crippen LogP contribution < -0.4 is 16.0 Å². The van der Waals surface area contributed by atoms with E-state index >= 15 is 0 Å². The Morgan fingerprint density at radius 1 is 1.47 bits per heavy atom. The number of halogens is 1. The first-order valence-electron chi connectivity index (χ1n) is 6.62. The zero-order chi connectivity index (χ0) is 13.8. The van der Waals surface area contributed by atoms with Crippen LogP contribution in [0.2, 0.25) is 0 Å². The van der Waals surface area contributed by atoms with E-state index in [0.29, 0.717) is 6.54 Å². The zero-order valence-electron chi connectivity index (χ0n) is 11.2. The summed E-state index contributed by atoms with van der Waals surface area (Å²) in [6.45, 7) is 1.34. The summed E-state index contributed by atoms with van der Waals surface area (Å²) in [5, 5.41) is 3.00. The average Bonchev–Trinajstić information content (AvgIpc) is 2.38. The van der Waals surface area contributed by atoms with Crippen LogP contribution in [0.4, 0.5) is 10.1 Å². The summed E-state index contributed by atoms with van der Waals surface area (Å²) in [6.07, 6.45) is 2.73. The van der Waals surface area contributed by atoms with Crippen LogP contribution in [0.5, 0.6) is 0 Å². The van der Waals surface area contributed by atoms with Gasteiger partial charge < -0.3 is 16.0 Å². The summed E-state index contributed by atoms with van der Waals surface area (Å²) in [7, 11) is 1.82. The van der Waals surface area contributed by atoms with Gasteiger partial charge in [-0.3, -0.25) is 4.79 Å². The number of carbonyl (C=O) groups excluding carboxylic acids is 1. The Kier molecular flexibility index (Phi) is 4.37. The van der Waals surface area contributed by atoms with Crippen LogP contribution in [0.15, 0.2) is 18.2 Å². The molecule has 1 unspecified atom stereocenters. The molecule has 4 nitrogen and oxygen atoms in total. The number of anilines is 1. The van der Waals surface area contributed by atoms with Crippen LogP contribution in [0.3, 0.4) is 0 Å². The van der Waals surface area contributed by atoms with Gasteiger partial charge >= 0.3 is 0 Å². The Morgan fingerprint density at radius 3 is 2.95 bits per heavy atom. The highest BCUT2D eigenvalue weighted by molar-refractivity contribution is 5.83. The molecule has 1 aliphatic heterocycles. The third-order valence-corrected chi connectivity index (χ3v) is 3.49. The molecule has 1 aromatic carbocycles. The Labute approximate surface area is 112 Å². The summed E-state index contributed by atoms with van der Waals surface area (Å²) >= 11 is 0. The number of rotatable bonds is 4. The van der Waals surface area contributed by atoms with Crippen molar-refractivity contribution in [3.8, 4) is 0 Å². The van der Waals surface area contributed by atoms with E-state index in [1.165, 1.54) is 12.1 Å². The normalized spacial score (nSPS) is 19.5. The van der Waals surface area contributed by atoms with Gasteiger partial charge in [0.2, 0.25) is 5.91 Å². The van der Waals surface area contributed by atoms with Crippen molar-refractivity contribution >= 4 is 11.6 Å². The maximum absolute atomic E-state index is 13.7. The van der Waals surface area contributed by atoms with Gasteiger partial charge in [-0.25, -0.2) is 4.39 Å². The highest BCUT2D eigenvalue weighted by atomic mass is 19.1. The Morgan fingerprint density at radius 2 is 2.26 bits per heavy atom. The van der Waals surface area contributed by atoms with Crippen LogP contribution in [0.25, 0.3) is 0 Å². The molecule has 104 valence electrons. The average molecular weight is 265 g/mol. The molecule has 1 aliphatic rings. The highest BCUT2D eigenvalue weighted by Gasteiger charge is 2.27. The van der Waals surface area contributed by atoms with Crippen LogP contribution >= 0.6 is 0 Å². The molecule has 3 N–H and O–H groups in total. The maximum atomic E-state index is 13.7. The zero-order valence-corrected chi connectivity index (χ0v) is 11.2. The van der Waals surface area contributed by atoms with Gasteiger partial charge in [0.15, 0.2) is 0 Å². The number of nitrogens with two attached hydrogens (primary N) is 1. The quantitative estimate of drug-likeness (QED) is 0.865. The fourth-order valence-corrected chi connectivity index (χ4v) is 2.64. The van der Waals surface area contributed by atoms with E-state index in [-0.39, 0.29) is 17.8 Å².